The molecular formula is C59H44N2. The van der Waals surface area contributed by atoms with Crippen LogP contribution < -0.4 is 4.90 Å². The quantitative estimate of drug-likeness (QED) is 0.149. The smallest absolute Gasteiger partial charge is 0.0541 e. The summed E-state index contributed by atoms with van der Waals surface area (Å²) < 4.78 is 2.38. The van der Waals surface area contributed by atoms with E-state index in [0.717, 1.165) is 22.6 Å². The minimum absolute atomic E-state index is 0.214. The summed E-state index contributed by atoms with van der Waals surface area (Å²) in [6, 6.07) is 77.6. The molecule has 0 aliphatic heterocycles. The van der Waals surface area contributed by atoms with Crippen molar-refractivity contribution >= 4 is 44.9 Å². The van der Waals surface area contributed by atoms with Crippen molar-refractivity contribution in [2.75, 3.05) is 4.90 Å². The van der Waals surface area contributed by atoms with Crippen LogP contribution in [-0.2, 0) is 5.41 Å². The van der Waals surface area contributed by atoms with E-state index in [-0.39, 0.29) is 5.41 Å². The molecule has 10 aromatic rings. The van der Waals surface area contributed by atoms with Crippen LogP contribution in [0.4, 0.5) is 17.1 Å². The lowest BCUT2D eigenvalue weighted by Gasteiger charge is -2.28. The van der Waals surface area contributed by atoms with Crippen molar-refractivity contribution < 1.29 is 0 Å². The fraction of sp³-hybridized carbons (Fsp3) is 0.0508. The molecule has 61 heavy (non-hydrogen) atoms. The Morgan fingerprint density at radius 1 is 0.410 bits per heavy atom. The minimum atomic E-state index is -0.214. The molecule has 1 aromatic heterocycles. The first-order chi connectivity index (χ1) is 29.9. The molecule has 0 fully saturated rings. The van der Waals surface area contributed by atoms with Crippen LogP contribution in [0.2, 0.25) is 0 Å². The first-order valence-corrected chi connectivity index (χ1v) is 21.1. The average Bonchev–Trinajstić information content (AvgIpc) is 3.77. The van der Waals surface area contributed by atoms with Crippen LogP contribution >= 0.6 is 0 Å². The number of anilines is 3. The average molecular weight is 781 g/mol. The molecule has 0 N–H and O–H groups in total. The third-order valence-corrected chi connectivity index (χ3v) is 12.8. The van der Waals surface area contributed by atoms with Gasteiger partial charge in [0.2, 0.25) is 0 Å². The van der Waals surface area contributed by atoms with Gasteiger partial charge in [-0.2, -0.15) is 0 Å². The summed E-state index contributed by atoms with van der Waals surface area (Å²) in [5.74, 6) is 0. The van der Waals surface area contributed by atoms with Crippen LogP contribution in [0, 0.1) is 0 Å². The Labute approximate surface area is 358 Å². The van der Waals surface area contributed by atoms with Crippen molar-refractivity contribution in [3.63, 3.8) is 0 Å². The SMILES string of the molecule is C=Cc1ccc(-c2ccc(N(c3ccc(-c4ccccc4)cc3)c3ccc4c(c3)C(C)(C)c3cc(-c5ccc6c(c5)c5ccccc5n6-c5ccccc5)ccc3-4)cc2)cc1. The third-order valence-electron chi connectivity index (χ3n) is 12.8. The van der Waals surface area contributed by atoms with E-state index in [9.17, 15) is 0 Å². The number of nitrogens with zero attached hydrogens (tertiary/aromatic N) is 2. The van der Waals surface area contributed by atoms with E-state index in [4.69, 9.17) is 0 Å². The zero-order valence-corrected chi connectivity index (χ0v) is 34.4. The van der Waals surface area contributed by atoms with Crippen molar-refractivity contribution in [1.29, 1.82) is 0 Å². The summed E-state index contributed by atoms with van der Waals surface area (Å²) in [6.07, 6.45) is 1.89. The third kappa shape index (κ3) is 6.19. The van der Waals surface area contributed by atoms with Crippen molar-refractivity contribution in [2.45, 2.75) is 19.3 Å². The van der Waals surface area contributed by atoms with Crippen molar-refractivity contribution in [2.24, 2.45) is 0 Å². The molecule has 2 nitrogen and oxygen atoms in total. The molecule has 1 heterocycles. The van der Waals surface area contributed by atoms with Gasteiger partial charge >= 0.3 is 0 Å². The fourth-order valence-corrected chi connectivity index (χ4v) is 9.55. The molecule has 290 valence electrons. The monoisotopic (exact) mass is 780 g/mol. The molecular weight excluding hydrogens is 737 g/mol. The molecule has 0 radical (unpaired) electrons. The summed E-state index contributed by atoms with van der Waals surface area (Å²) in [6.45, 7) is 8.69. The lowest BCUT2D eigenvalue weighted by Crippen LogP contribution is -2.16. The van der Waals surface area contributed by atoms with Crippen LogP contribution in [0.25, 0.3) is 78.1 Å². The van der Waals surface area contributed by atoms with Crippen molar-refractivity contribution in [1.82, 2.24) is 4.57 Å². The molecule has 0 amide bonds. The van der Waals surface area contributed by atoms with Gasteiger partial charge in [0.25, 0.3) is 0 Å². The number of hydrogen-bond donors (Lipinski definition) is 0. The Hall–Kier alpha value is -7.68. The second-order valence-corrected chi connectivity index (χ2v) is 16.7. The maximum absolute atomic E-state index is 3.92. The summed E-state index contributed by atoms with van der Waals surface area (Å²) in [5, 5.41) is 2.53. The fourth-order valence-electron chi connectivity index (χ4n) is 9.55. The summed E-state index contributed by atoms with van der Waals surface area (Å²) >= 11 is 0. The van der Waals surface area contributed by atoms with Crippen LogP contribution in [0.15, 0.2) is 219 Å². The van der Waals surface area contributed by atoms with E-state index in [1.54, 1.807) is 0 Å². The predicted octanol–water partition coefficient (Wildman–Crippen LogP) is 16.2. The number of benzene rings is 9. The normalized spacial score (nSPS) is 12.6. The maximum atomic E-state index is 3.92. The first kappa shape index (κ1) is 36.4. The molecule has 2 heteroatoms. The van der Waals surface area contributed by atoms with E-state index in [2.05, 4.69) is 242 Å². The minimum Gasteiger partial charge on any atom is -0.310 e. The van der Waals surface area contributed by atoms with E-state index >= 15 is 0 Å². The summed E-state index contributed by atoms with van der Waals surface area (Å²) in [5.41, 5.74) is 20.4. The van der Waals surface area contributed by atoms with Gasteiger partial charge in [0.1, 0.15) is 0 Å². The molecule has 0 bridgehead atoms. The van der Waals surface area contributed by atoms with E-state index < -0.39 is 0 Å². The second kappa shape index (κ2) is 14.5. The molecule has 1 aliphatic carbocycles. The lowest BCUT2D eigenvalue weighted by molar-refractivity contribution is 0.660. The zero-order valence-electron chi connectivity index (χ0n) is 34.4. The van der Waals surface area contributed by atoms with E-state index in [0.29, 0.717) is 0 Å². The predicted molar refractivity (Wildman–Crippen MR) is 259 cm³/mol. The number of rotatable bonds is 8. The topological polar surface area (TPSA) is 8.17 Å². The highest BCUT2D eigenvalue weighted by Crippen LogP contribution is 2.52. The largest absolute Gasteiger partial charge is 0.310 e. The molecule has 1 aliphatic rings. The molecule has 0 spiro atoms. The van der Waals surface area contributed by atoms with Gasteiger partial charge in [0.15, 0.2) is 0 Å². The van der Waals surface area contributed by atoms with Crippen molar-refractivity contribution in [3.8, 4) is 50.2 Å². The molecule has 0 atom stereocenters. The number of para-hydroxylation sites is 2. The van der Waals surface area contributed by atoms with Gasteiger partial charge in [-0.1, -0.05) is 166 Å². The van der Waals surface area contributed by atoms with Crippen LogP contribution in [0.3, 0.4) is 0 Å². The van der Waals surface area contributed by atoms with Gasteiger partial charge in [0, 0.05) is 38.9 Å². The number of aromatic nitrogens is 1. The summed E-state index contributed by atoms with van der Waals surface area (Å²) in [7, 11) is 0. The zero-order chi connectivity index (χ0) is 41.1. The molecule has 0 saturated carbocycles. The Kier molecular flexibility index (Phi) is 8.68. The van der Waals surface area contributed by atoms with Crippen molar-refractivity contribution in [3.05, 3.63) is 236 Å². The molecule has 9 aromatic carbocycles. The highest BCUT2D eigenvalue weighted by molar-refractivity contribution is 6.10. The Morgan fingerprint density at radius 3 is 1.54 bits per heavy atom. The van der Waals surface area contributed by atoms with Crippen LogP contribution in [0.1, 0.15) is 30.5 Å². The van der Waals surface area contributed by atoms with E-state index in [1.165, 1.54) is 83.1 Å². The standard InChI is InChI=1S/C59H44N2/c1-4-40-19-21-42(22-20-40)44-25-31-49(32-26-44)60(48-29-23-43(24-30-48)41-13-7-5-8-14-41)50-33-35-52-51-34-27-46(38-55(51)59(2,3)56(52)39-50)45-28-36-58-54(37-45)53-17-11-12-18-57(53)61(58)47-15-9-6-10-16-47/h4-39H,1H2,2-3H3. The first-order valence-electron chi connectivity index (χ1n) is 21.1. The molecule has 0 unspecified atom stereocenters. The van der Waals surface area contributed by atoms with Gasteiger partial charge in [-0.3, -0.25) is 0 Å². The van der Waals surface area contributed by atoms with E-state index in [1.807, 2.05) is 6.08 Å². The van der Waals surface area contributed by atoms with Gasteiger partial charge in [0.05, 0.1) is 11.0 Å². The Bertz CT molecular complexity index is 3240. The highest BCUT2D eigenvalue weighted by Gasteiger charge is 2.36. The maximum Gasteiger partial charge on any atom is 0.0541 e. The van der Waals surface area contributed by atoms with Gasteiger partial charge < -0.3 is 9.47 Å². The van der Waals surface area contributed by atoms with Crippen LogP contribution in [-0.4, -0.2) is 4.57 Å². The van der Waals surface area contributed by atoms with Gasteiger partial charge in [-0.15, -0.1) is 0 Å². The Morgan fingerprint density at radius 2 is 0.885 bits per heavy atom. The lowest BCUT2D eigenvalue weighted by atomic mass is 9.81. The number of hydrogen-bond acceptors (Lipinski definition) is 1. The van der Waals surface area contributed by atoms with Gasteiger partial charge in [-0.25, -0.2) is 0 Å². The Balaban J connectivity index is 0.977. The van der Waals surface area contributed by atoms with Gasteiger partial charge in [-0.05, 0) is 134 Å². The molecule has 0 saturated heterocycles. The highest BCUT2D eigenvalue weighted by atomic mass is 15.1. The van der Waals surface area contributed by atoms with Crippen LogP contribution in [0.5, 0.6) is 0 Å². The number of fused-ring (bicyclic) bond motifs is 6. The molecule has 11 rings (SSSR count). The summed E-state index contributed by atoms with van der Waals surface area (Å²) in [4.78, 5) is 2.39. The second-order valence-electron chi connectivity index (χ2n) is 16.7.